The number of carbonyl (C=O) groups is 2. The average molecular weight is 323 g/mol. The molecule has 2 unspecified atom stereocenters. The predicted octanol–water partition coefficient (Wildman–Crippen LogP) is 3.29. The van der Waals surface area contributed by atoms with Gasteiger partial charge in [0, 0.05) is 0 Å². The number of fused-ring (bicyclic) bond motifs is 1. The number of aromatic carboxylic acids is 1. The molecule has 0 saturated carbocycles. The van der Waals surface area contributed by atoms with Gasteiger partial charge in [0.2, 0.25) is 5.91 Å². The van der Waals surface area contributed by atoms with Gasteiger partial charge >= 0.3 is 5.97 Å². The summed E-state index contributed by atoms with van der Waals surface area (Å²) in [4.78, 5) is 23.5. The Labute approximate surface area is 141 Å². The van der Waals surface area contributed by atoms with Gasteiger partial charge in [-0.05, 0) is 48.1 Å². The number of amides is 1. The van der Waals surface area contributed by atoms with Crippen LogP contribution in [0.25, 0.3) is 0 Å². The van der Waals surface area contributed by atoms with Crippen molar-refractivity contribution >= 4 is 11.9 Å². The molecule has 0 radical (unpaired) electrons. The Morgan fingerprint density at radius 1 is 1.21 bits per heavy atom. The number of nitrogens with one attached hydrogen (secondary N) is 1. The lowest BCUT2D eigenvalue weighted by Gasteiger charge is -2.19. The highest BCUT2D eigenvalue weighted by Crippen LogP contribution is 2.36. The Hall–Kier alpha value is -2.62. The van der Waals surface area contributed by atoms with Crippen LogP contribution >= 0.6 is 0 Å². The summed E-state index contributed by atoms with van der Waals surface area (Å²) in [7, 11) is 0. The molecule has 0 aliphatic heterocycles. The van der Waals surface area contributed by atoms with E-state index < -0.39 is 5.97 Å². The van der Waals surface area contributed by atoms with Gasteiger partial charge in [0.25, 0.3) is 0 Å². The van der Waals surface area contributed by atoms with Crippen LogP contribution in [0.15, 0.2) is 42.5 Å². The zero-order chi connectivity index (χ0) is 17.3. The van der Waals surface area contributed by atoms with E-state index in [9.17, 15) is 9.59 Å². The first-order valence-electron chi connectivity index (χ1n) is 8.15. The van der Waals surface area contributed by atoms with Crippen molar-refractivity contribution in [3.05, 3.63) is 70.3 Å². The Kier molecular flexibility index (Phi) is 4.38. The maximum Gasteiger partial charge on any atom is 0.335 e. The van der Waals surface area contributed by atoms with Crippen LogP contribution < -0.4 is 5.32 Å². The molecule has 0 aromatic heterocycles. The molecule has 1 aliphatic rings. The molecule has 1 amide bonds. The highest BCUT2D eigenvalue weighted by Gasteiger charge is 2.30. The number of benzene rings is 2. The topological polar surface area (TPSA) is 66.4 Å². The van der Waals surface area contributed by atoms with E-state index in [-0.39, 0.29) is 23.9 Å². The van der Waals surface area contributed by atoms with Crippen LogP contribution in [0.5, 0.6) is 0 Å². The van der Waals surface area contributed by atoms with Crippen molar-refractivity contribution in [1.82, 2.24) is 5.32 Å². The monoisotopic (exact) mass is 323 g/mol. The van der Waals surface area contributed by atoms with E-state index in [1.165, 1.54) is 22.8 Å². The number of carboxylic acids is 1. The van der Waals surface area contributed by atoms with Crippen molar-refractivity contribution in [2.24, 2.45) is 5.92 Å². The molecule has 2 N–H and O–H groups in total. The fourth-order valence-corrected chi connectivity index (χ4v) is 3.41. The molecule has 4 nitrogen and oxygen atoms in total. The largest absolute Gasteiger partial charge is 0.478 e. The fourth-order valence-electron chi connectivity index (χ4n) is 3.41. The molecule has 3 rings (SSSR count). The molecule has 0 bridgehead atoms. The maximum absolute atomic E-state index is 12.4. The van der Waals surface area contributed by atoms with Crippen molar-refractivity contribution in [3.8, 4) is 0 Å². The Bertz CT molecular complexity index is 797. The van der Waals surface area contributed by atoms with Crippen molar-refractivity contribution in [2.45, 2.75) is 32.7 Å². The molecule has 2 aromatic rings. The SMILES string of the molecule is Cc1ccc2c(c1)C(NC(=O)Cc1cccc(C(=O)O)c1)C(C)C2. The molecule has 4 heteroatoms. The van der Waals surface area contributed by atoms with Gasteiger partial charge < -0.3 is 10.4 Å². The summed E-state index contributed by atoms with van der Waals surface area (Å²) < 4.78 is 0. The molecular formula is C20H21NO3. The first-order chi connectivity index (χ1) is 11.4. The second-order valence-electron chi connectivity index (χ2n) is 6.61. The van der Waals surface area contributed by atoms with E-state index in [4.69, 9.17) is 5.11 Å². The summed E-state index contributed by atoms with van der Waals surface area (Å²) in [5, 5.41) is 12.2. The average Bonchev–Trinajstić information content (AvgIpc) is 2.83. The maximum atomic E-state index is 12.4. The van der Waals surface area contributed by atoms with Crippen LogP contribution in [0.4, 0.5) is 0 Å². The molecule has 24 heavy (non-hydrogen) atoms. The van der Waals surface area contributed by atoms with Crippen LogP contribution in [0, 0.1) is 12.8 Å². The van der Waals surface area contributed by atoms with E-state index in [0.29, 0.717) is 11.5 Å². The van der Waals surface area contributed by atoms with Crippen molar-refractivity contribution < 1.29 is 14.7 Å². The van der Waals surface area contributed by atoms with Crippen molar-refractivity contribution in [2.75, 3.05) is 0 Å². The van der Waals surface area contributed by atoms with Crippen LogP contribution in [0.1, 0.15) is 45.6 Å². The van der Waals surface area contributed by atoms with E-state index in [1.54, 1.807) is 18.2 Å². The summed E-state index contributed by atoms with van der Waals surface area (Å²) in [5.74, 6) is -0.703. The number of rotatable bonds is 4. The molecule has 0 heterocycles. The Balaban J connectivity index is 1.73. The number of carbonyl (C=O) groups excluding carboxylic acids is 1. The standard InChI is InChI=1S/C20H21NO3/c1-12-6-7-15-9-13(2)19(17(15)8-12)21-18(22)11-14-4-3-5-16(10-14)20(23)24/h3-8,10,13,19H,9,11H2,1-2H3,(H,21,22)(H,23,24). The molecule has 0 fully saturated rings. The minimum atomic E-state index is -0.980. The normalized spacial score (nSPS) is 18.9. The quantitative estimate of drug-likeness (QED) is 0.907. The molecule has 124 valence electrons. The third-order valence-corrected chi connectivity index (χ3v) is 4.60. The second-order valence-corrected chi connectivity index (χ2v) is 6.61. The number of carboxylic acid groups (broad SMARTS) is 1. The molecule has 2 atom stereocenters. The lowest BCUT2D eigenvalue weighted by molar-refractivity contribution is -0.121. The van der Waals surface area contributed by atoms with Gasteiger partial charge in [-0.15, -0.1) is 0 Å². The Morgan fingerprint density at radius 2 is 2.00 bits per heavy atom. The minimum Gasteiger partial charge on any atom is -0.478 e. The highest BCUT2D eigenvalue weighted by molar-refractivity contribution is 5.88. The molecular weight excluding hydrogens is 302 g/mol. The molecule has 1 aliphatic carbocycles. The summed E-state index contributed by atoms with van der Waals surface area (Å²) in [6, 6.07) is 13.0. The zero-order valence-electron chi connectivity index (χ0n) is 13.9. The molecule has 0 spiro atoms. The summed E-state index contributed by atoms with van der Waals surface area (Å²) in [5.41, 5.74) is 4.61. The third-order valence-electron chi connectivity index (χ3n) is 4.60. The number of hydrogen-bond acceptors (Lipinski definition) is 2. The van der Waals surface area contributed by atoms with Gasteiger partial charge in [0.15, 0.2) is 0 Å². The van der Waals surface area contributed by atoms with Gasteiger partial charge in [-0.25, -0.2) is 4.79 Å². The summed E-state index contributed by atoms with van der Waals surface area (Å²) >= 11 is 0. The smallest absolute Gasteiger partial charge is 0.335 e. The number of aryl methyl sites for hydroxylation is 1. The number of hydrogen-bond donors (Lipinski definition) is 2. The highest BCUT2D eigenvalue weighted by atomic mass is 16.4. The zero-order valence-corrected chi connectivity index (χ0v) is 13.9. The van der Waals surface area contributed by atoms with E-state index in [0.717, 1.165) is 6.42 Å². The van der Waals surface area contributed by atoms with Crippen LogP contribution in [-0.2, 0) is 17.6 Å². The van der Waals surface area contributed by atoms with Crippen LogP contribution in [0.3, 0.4) is 0 Å². The van der Waals surface area contributed by atoms with Crippen LogP contribution in [-0.4, -0.2) is 17.0 Å². The van der Waals surface area contributed by atoms with E-state index >= 15 is 0 Å². The molecule has 2 aromatic carbocycles. The van der Waals surface area contributed by atoms with Gasteiger partial charge in [-0.3, -0.25) is 4.79 Å². The summed E-state index contributed by atoms with van der Waals surface area (Å²) in [6.45, 7) is 4.20. The minimum absolute atomic E-state index is 0.0232. The second kappa shape index (κ2) is 6.48. The van der Waals surface area contributed by atoms with Gasteiger partial charge in [0.1, 0.15) is 0 Å². The van der Waals surface area contributed by atoms with Crippen molar-refractivity contribution in [1.29, 1.82) is 0 Å². The third kappa shape index (κ3) is 3.32. The lowest BCUT2D eigenvalue weighted by Crippen LogP contribution is -2.31. The van der Waals surface area contributed by atoms with E-state index in [1.807, 2.05) is 0 Å². The van der Waals surface area contributed by atoms with Gasteiger partial charge in [0.05, 0.1) is 18.0 Å². The first-order valence-corrected chi connectivity index (χ1v) is 8.15. The van der Waals surface area contributed by atoms with Crippen LogP contribution in [0.2, 0.25) is 0 Å². The molecule has 0 saturated heterocycles. The van der Waals surface area contributed by atoms with E-state index in [2.05, 4.69) is 37.4 Å². The fraction of sp³-hybridized carbons (Fsp3) is 0.300. The Morgan fingerprint density at radius 3 is 2.75 bits per heavy atom. The predicted molar refractivity (Wildman–Crippen MR) is 92.0 cm³/mol. The van der Waals surface area contributed by atoms with Gasteiger partial charge in [-0.2, -0.15) is 0 Å². The first kappa shape index (κ1) is 16.2. The summed E-state index contributed by atoms with van der Waals surface area (Å²) in [6.07, 6.45) is 1.15. The lowest BCUT2D eigenvalue weighted by atomic mass is 10.0. The van der Waals surface area contributed by atoms with Gasteiger partial charge in [-0.1, -0.05) is 42.8 Å². The van der Waals surface area contributed by atoms with Crippen molar-refractivity contribution in [3.63, 3.8) is 0 Å².